The van der Waals surface area contributed by atoms with Gasteiger partial charge in [0.05, 0.1) is 6.10 Å². The predicted molar refractivity (Wildman–Crippen MR) is 64.5 cm³/mol. The SMILES string of the molecule is CC(O)CCC(=O)Nc1ccc(C(N)=O)cc1. The number of primary amides is 1. The van der Waals surface area contributed by atoms with Crippen molar-refractivity contribution in [3.63, 3.8) is 0 Å². The Morgan fingerprint density at radius 3 is 2.41 bits per heavy atom. The number of hydrogen-bond donors (Lipinski definition) is 3. The van der Waals surface area contributed by atoms with Crippen LogP contribution in [0.1, 0.15) is 30.1 Å². The molecule has 0 bridgehead atoms. The van der Waals surface area contributed by atoms with Gasteiger partial charge in [0.2, 0.25) is 11.8 Å². The Hall–Kier alpha value is -1.88. The van der Waals surface area contributed by atoms with Gasteiger partial charge in [-0.15, -0.1) is 0 Å². The van der Waals surface area contributed by atoms with Gasteiger partial charge in [-0.25, -0.2) is 0 Å². The second-order valence-corrected chi connectivity index (χ2v) is 3.88. The third-order valence-electron chi connectivity index (χ3n) is 2.24. The summed E-state index contributed by atoms with van der Waals surface area (Å²) in [5.41, 5.74) is 6.09. The van der Waals surface area contributed by atoms with Crippen LogP contribution in [0.2, 0.25) is 0 Å². The Bertz CT molecular complexity index is 399. The van der Waals surface area contributed by atoms with Gasteiger partial charge in [0.15, 0.2) is 0 Å². The van der Waals surface area contributed by atoms with Crippen LogP contribution in [0.25, 0.3) is 0 Å². The molecule has 5 heteroatoms. The third-order valence-corrected chi connectivity index (χ3v) is 2.24. The minimum Gasteiger partial charge on any atom is -0.393 e. The number of carbonyl (C=O) groups is 2. The molecule has 0 aliphatic carbocycles. The monoisotopic (exact) mass is 236 g/mol. The largest absolute Gasteiger partial charge is 0.393 e. The summed E-state index contributed by atoms with van der Waals surface area (Å²) >= 11 is 0. The molecular formula is C12H16N2O3. The van der Waals surface area contributed by atoms with E-state index in [9.17, 15) is 9.59 Å². The topological polar surface area (TPSA) is 92.4 Å². The van der Waals surface area contributed by atoms with Crippen LogP contribution in [-0.4, -0.2) is 23.0 Å². The normalized spacial score (nSPS) is 11.9. The summed E-state index contributed by atoms with van der Waals surface area (Å²) in [4.78, 5) is 22.2. The summed E-state index contributed by atoms with van der Waals surface area (Å²) in [5, 5.41) is 11.7. The number of carbonyl (C=O) groups excluding carboxylic acids is 2. The number of hydrogen-bond acceptors (Lipinski definition) is 3. The second kappa shape index (κ2) is 6.00. The van der Waals surface area contributed by atoms with E-state index < -0.39 is 12.0 Å². The van der Waals surface area contributed by atoms with Crippen molar-refractivity contribution in [2.24, 2.45) is 5.73 Å². The van der Waals surface area contributed by atoms with Gasteiger partial charge in [0, 0.05) is 17.7 Å². The van der Waals surface area contributed by atoms with Gasteiger partial charge in [-0.2, -0.15) is 0 Å². The van der Waals surface area contributed by atoms with Gasteiger partial charge in [0.25, 0.3) is 0 Å². The summed E-state index contributed by atoms with van der Waals surface area (Å²) < 4.78 is 0. The number of amides is 2. The first kappa shape index (κ1) is 13.2. The maximum Gasteiger partial charge on any atom is 0.248 e. The zero-order valence-electron chi connectivity index (χ0n) is 9.64. The molecule has 0 saturated carbocycles. The van der Waals surface area contributed by atoms with Crippen molar-refractivity contribution < 1.29 is 14.7 Å². The highest BCUT2D eigenvalue weighted by Gasteiger charge is 2.05. The number of benzene rings is 1. The average Bonchev–Trinajstić information content (AvgIpc) is 2.27. The third kappa shape index (κ3) is 4.65. The smallest absolute Gasteiger partial charge is 0.248 e. The van der Waals surface area contributed by atoms with E-state index in [2.05, 4.69) is 5.32 Å². The first-order chi connectivity index (χ1) is 7.99. The minimum atomic E-state index is -0.503. The maximum absolute atomic E-state index is 11.4. The molecule has 0 radical (unpaired) electrons. The van der Waals surface area contributed by atoms with Gasteiger partial charge in [-0.05, 0) is 37.6 Å². The zero-order valence-corrected chi connectivity index (χ0v) is 9.64. The predicted octanol–water partition coefficient (Wildman–Crippen LogP) is 0.885. The molecule has 0 saturated heterocycles. The summed E-state index contributed by atoms with van der Waals surface area (Å²) in [7, 11) is 0. The van der Waals surface area contributed by atoms with E-state index in [4.69, 9.17) is 10.8 Å². The van der Waals surface area contributed by atoms with Crippen molar-refractivity contribution in [1.82, 2.24) is 0 Å². The summed E-state index contributed by atoms with van der Waals surface area (Å²) in [5.74, 6) is -0.672. The highest BCUT2D eigenvalue weighted by molar-refractivity contribution is 5.94. The van der Waals surface area contributed by atoms with Gasteiger partial charge >= 0.3 is 0 Å². The lowest BCUT2D eigenvalue weighted by Gasteiger charge is -2.06. The van der Waals surface area contributed by atoms with Crippen molar-refractivity contribution in [3.05, 3.63) is 29.8 Å². The molecule has 5 nitrogen and oxygen atoms in total. The highest BCUT2D eigenvalue weighted by Crippen LogP contribution is 2.10. The number of aliphatic hydroxyl groups is 1. The van der Waals surface area contributed by atoms with E-state index in [1.807, 2.05) is 0 Å². The van der Waals surface area contributed by atoms with Crippen molar-refractivity contribution in [2.75, 3.05) is 5.32 Å². The molecule has 1 aromatic rings. The maximum atomic E-state index is 11.4. The Morgan fingerprint density at radius 2 is 1.94 bits per heavy atom. The molecule has 0 aliphatic heterocycles. The molecule has 1 aromatic carbocycles. The van der Waals surface area contributed by atoms with Crippen molar-refractivity contribution in [1.29, 1.82) is 0 Å². The van der Waals surface area contributed by atoms with Crippen LogP contribution in [0.5, 0.6) is 0 Å². The van der Waals surface area contributed by atoms with Crippen LogP contribution >= 0.6 is 0 Å². The molecule has 1 rings (SSSR count). The number of nitrogens with one attached hydrogen (secondary N) is 1. The molecule has 4 N–H and O–H groups in total. The molecule has 0 fully saturated rings. The van der Waals surface area contributed by atoms with Crippen LogP contribution in [-0.2, 0) is 4.79 Å². The first-order valence-corrected chi connectivity index (χ1v) is 5.37. The molecule has 0 aliphatic rings. The van der Waals surface area contributed by atoms with E-state index in [0.29, 0.717) is 17.7 Å². The number of aliphatic hydroxyl groups excluding tert-OH is 1. The highest BCUT2D eigenvalue weighted by atomic mass is 16.3. The molecular weight excluding hydrogens is 220 g/mol. The fourth-order valence-corrected chi connectivity index (χ4v) is 1.28. The van der Waals surface area contributed by atoms with Crippen molar-refractivity contribution >= 4 is 17.5 Å². The Balaban J connectivity index is 2.51. The van der Waals surface area contributed by atoms with Crippen LogP contribution in [0, 0.1) is 0 Å². The van der Waals surface area contributed by atoms with Crippen LogP contribution in [0.15, 0.2) is 24.3 Å². The van der Waals surface area contributed by atoms with Crippen LogP contribution in [0.4, 0.5) is 5.69 Å². The van der Waals surface area contributed by atoms with Crippen molar-refractivity contribution in [2.45, 2.75) is 25.9 Å². The number of anilines is 1. The van der Waals surface area contributed by atoms with Gasteiger partial charge in [0.1, 0.15) is 0 Å². The fraction of sp³-hybridized carbons (Fsp3) is 0.333. The summed E-state index contributed by atoms with van der Waals surface area (Å²) in [6.45, 7) is 1.63. The molecule has 0 aromatic heterocycles. The first-order valence-electron chi connectivity index (χ1n) is 5.37. The molecule has 0 spiro atoms. The lowest BCUT2D eigenvalue weighted by molar-refractivity contribution is -0.116. The van der Waals surface area contributed by atoms with E-state index in [-0.39, 0.29) is 12.3 Å². The Morgan fingerprint density at radius 1 is 1.35 bits per heavy atom. The molecule has 2 amide bonds. The average molecular weight is 236 g/mol. The van der Waals surface area contributed by atoms with Crippen LogP contribution in [0.3, 0.4) is 0 Å². The lowest BCUT2D eigenvalue weighted by atomic mass is 10.2. The fourth-order valence-electron chi connectivity index (χ4n) is 1.28. The number of nitrogens with two attached hydrogens (primary N) is 1. The molecule has 0 heterocycles. The summed E-state index contributed by atoms with van der Waals surface area (Å²) in [6.07, 6.45) is 0.193. The molecule has 17 heavy (non-hydrogen) atoms. The zero-order chi connectivity index (χ0) is 12.8. The van der Waals surface area contributed by atoms with Crippen LogP contribution < -0.4 is 11.1 Å². The van der Waals surface area contributed by atoms with E-state index >= 15 is 0 Å². The number of rotatable bonds is 5. The van der Waals surface area contributed by atoms with Gasteiger partial charge < -0.3 is 16.2 Å². The lowest BCUT2D eigenvalue weighted by Crippen LogP contribution is -2.14. The minimum absolute atomic E-state index is 0.169. The van der Waals surface area contributed by atoms with E-state index in [1.165, 1.54) is 0 Å². The Kier molecular flexibility index (Phi) is 4.66. The molecule has 1 atom stereocenters. The second-order valence-electron chi connectivity index (χ2n) is 3.88. The molecule has 92 valence electrons. The van der Waals surface area contributed by atoms with Gasteiger partial charge in [-0.3, -0.25) is 9.59 Å². The quantitative estimate of drug-likeness (QED) is 0.708. The summed E-state index contributed by atoms with van der Waals surface area (Å²) in [6, 6.07) is 6.32. The standard InChI is InChI=1S/C12H16N2O3/c1-8(15)2-7-11(16)14-10-5-3-9(4-6-10)12(13)17/h3-6,8,15H,2,7H2,1H3,(H2,13,17)(H,14,16). The van der Waals surface area contributed by atoms with Crippen molar-refractivity contribution in [3.8, 4) is 0 Å². The Labute approximate surface area is 99.6 Å². The van der Waals surface area contributed by atoms with E-state index in [1.54, 1.807) is 31.2 Å². The van der Waals surface area contributed by atoms with E-state index in [0.717, 1.165) is 0 Å². The van der Waals surface area contributed by atoms with Gasteiger partial charge in [-0.1, -0.05) is 0 Å². The molecule has 1 unspecified atom stereocenters.